The highest BCUT2D eigenvalue weighted by Crippen LogP contribution is 2.39. The Morgan fingerprint density at radius 2 is 2.00 bits per heavy atom. The van der Waals surface area contributed by atoms with E-state index in [1.165, 1.54) is 0 Å². The van der Waals surface area contributed by atoms with Gasteiger partial charge in [-0.1, -0.05) is 35.5 Å². The van der Waals surface area contributed by atoms with Crippen LogP contribution in [0.15, 0.2) is 41.2 Å². The van der Waals surface area contributed by atoms with Gasteiger partial charge in [-0.05, 0) is 25.7 Å². The van der Waals surface area contributed by atoms with Crippen molar-refractivity contribution >= 4 is 5.91 Å². The van der Waals surface area contributed by atoms with Gasteiger partial charge in [0, 0.05) is 30.5 Å². The maximum absolute atomic E-state index is 12.8. The van der Waals surface area contributed by atoms with Gasteiger partial charge >= 0.3 is 0 Å². The lowest BCUT2D eigenvalue weighted by atomic mass is 9.97. The molecule has 28 heavy (non-hydrogen) atoms. The number of carbonyl (C=O) groups excluding carboxylic acids is 1. The van der Waals surface area contributed by atoms with Gasteiger partial charge in [-0.15, -0.1) is 0 Å². The van der Waals surface area contributed by atoms with Crippen LogP contribution < -0.4 is 0 Å². The molecular formula is C20H22N6O2. The number of nitrogens with zero attached hydrogens (tertiary/aromatic N) is 6. The fourth-order valence-electron chi connectivity index (χ4n) is 3.65. The number of aromatic nitrogens is 5. The van der Waals surface area contributed by atoms with Crippen molar-refractivity contribution in [3.05, 3.63) is 48.4 Å². The maximum atomic E-state index is 12.8. The molecule has 0 bridgehead atoms. The number of hydrogen-bond donors (Lipinski definition) is 0. The maximum Gasteiger partial charge on any atom is 0.244 e. The minimum absolute atomic E-state index is 0.0418. The summed E-state index contributed by atoms with van der Waals surface area (Å²) < 4.78 is 7.00. The molecule has 3 aromatic rings. The van der Waals surface area contributed by atoms with E-state index in [0.717, 1.165) is 49.5 Å². The van der Waals surface area contributed by atoms with Gasteiger partial charge in [-0.3, -0.25) is 4.79 Å². The first-order valence-corrected chi connectivity index (χ1v) is 9.82. The van der Waals surface area contributed by atoms with Crippen molar-refractivity contribution in [1.82, 2.24) is 29.8 Å². The quantitative estimate of drug-likeness (QED) is 0.678. The van der Waals surface area contributed by atoms with E-state index in [1.807, 2.05) is 35.2 Å². The van der Waals surface area contributed by atoms with E-state index in [1.54, 1.807) is 11.0 Å². The van der Waals surface area contributed by atoms with Crippen molar-refractivity contribution < 1.29 is 9.32 Å². The molecule has 1 saturated carbocycles. The molecule has 2 fully saturated rings. The van der Waals surface area contributed by atoms with Crippen LogP contribution >= 0.6 is 0 Å². The van der Waals surface area contributed by atoms with Gasteiger partial charge in [0.05, 0.1) is 0 Å². The molecule has 8 heteroatoms. The number of amides is 1. The Morgan fingerprint density at radius 3 is 2.82 bits per heavy atom. The first-order valence-electron chi connectivity index (χ1n) is 9.82. The Hall–Kier alpha value is -3.03. The second kappa shape index (κ2) is 7.18. The summed E-state index contributed by atoms with van der Waals surface area (Å²) in [4.78, 5) is 23.6. The van der Waals surface area contributed by atoms with Crippen LogP contribution in [-0.4, -0.2) is 48.8 Å². The third-order valence-corrected chi connectivity index (χ3v) is 5.39. The van der Waals surface area contributed by atoms with Gasteiger partial charge in [-0.2, -0.15) is 10.1 Å². The predicted molar refractivity (Wildman–Crippen MR) is 100 cm³/mol. The summed E-state index contributed by atoms with van der Waals surface area (Å²) in [6.45, 7) is 1.57. The highest BCUT2D eigenvalue weighted by molar-refractivity contribution is 5.76. The average Bonchev–Trinajstić information content (AvgIpc) is 3.28. The van der Waals surface area contributed by atoms with Crippen LogP contribution in [0.1, 0.15) is 49.2 Å². The zero-order valence-corrected chi connectivity index (χ0v) is 15.6. The van der Waals surface area contributed by atoms with E-state index in [2.05, 4.69) is 20.2 Å². The van der Waals surface area contributed by atoms with Crippen LogP contribution in [-0.2, 0) is 11.3 Å². The molecule has 1 atom stereocenters. The van der Waals surface area contributed by atoms with Crippen molar-refractivity contribution in [2.75, 3.05) is 13.1 Å². The van der Waals surface area contributed by atoms with E-state index < -0.39 is 0 Å². The van der Waals surface area contributed by atoms with Gasteiger partial charge in [0.25, 0.3) is 0 Å². The normalized spacial score (nSPS) is 19.7. The highest BCUT2D eigenvalue weighted by atomic mass is 16.5. The van der Waals surface area contributed by atoms with Crippen molar-refractivity contribution in [1.29, 1.82) is 0 Å². The molecule has 0 N–H and O–H groups in total. The van der Waals surface area contributed by atoms with Gasteiger partial charge in [0.1, 0.15) is 12.9 Å². The van der Waals surface area contributed by atoms with Gasteiger partial charge in [-0.25, -0.2) is 9.67 Å². The minimum atomic E-state index is 0.0418. The second-order valence-corrected chi connectivity index (χ2v) is 7.58. The Kier molecular flexibility index (Phi) is 4.38. The van der Waals surface area contributed by atoms with Crippen molar-refractivity contribution in [2.24, 2.45) is 0 Å². The van der Waals surface area contributed by atoms with Crippen molar-refractivity contribution in [3.63, 3.8) is 0 Å². The molecule has 8 nitrogen and oxygen atoms in total. The molecule has 5 rings (SSSR count). The fourth-order valence-corrected chi connectivity index (χ4v) is 3.65. The number of piperidine rings is 1. The zero-order chi connectivity index (χ0) is 18.9. The molecule has 2 aromatic heterocycles. The largest absolute Gasteiger partial charge is 0.340 e. The summed E-state index contributed by atoms with van der Waals surface area (Å²) in [6.07, 6.45) is 5.81. The van der Waals surface area contributed by atoms with Gasteiger partial charge in [0.2, 0.25) is 11.8 Å². The molecule has 0 radical (unpaired) electrons. The summed E-state index contributed by atoms with van der Waals surface area (Å²) >= 11 is 0. The van der Waals surface area contributed by atoms with Crippen LogP contribution in [0, 0.1) is 0 Å². The van der Waals surface area contributed by atoms with Crippen LogP contribution in [0.3, 0.4) is 0 Å². The van der Waals surface area contributed by atoms with Crippen LogP contribution in [0.5, 0.6) is 0 Å². The highest BCUT2D eigenvalue weighted by Gasteiger charge is 2.33. The fraction of sp³-hybridized carbons (Fsp3) is 0.450. The first kappa shape index (κ1) is 17.1. The number of carbonyl (C=O) groups is 1. The molecule has 1 saturated heterocycles. The van der Waals surface area contributed by atoms with Crippen LogP contribution in [0.2, 0.25) is 0 Å². The van der Waals surface area contributed by atoms with Gasteiger partial charge in [0.15, 0.2) is 11.6 Å². The average molecular weight is 378 g/mol. The van der Waals surface area contributed by atoms with E-state index in [-0.39, 0.29) is 18.4 Å². The molecule has 0 spiro atoms. The number of hydrogen-bond acceptors (Lipinski definition) is 6. The standard InChI is InChI=1S/C20H22N6O2/c27-17(12-26-13-21-18(23-26)14-5-2-1-3-6-14)25-10-4-7-16(11-25)19-22-20(28-24-19)15-8-9-15/h1-3,5-6,13,15-16H,4,7-12H2. The Balaban J connectivity index is 1.23. The minimum Gasteiger partial charge on any atom is -0.340 e. The molecule has 1 aliphatic carbocycles. The lowest BCUT2D eigenvalue weighted by Gasteiger charge is -2.31. The smallest absolute Gasteiger partial charge is 0.244 e. The summed E-state index contributed by atoms with van der Waals surface area (Å²) in [5.41, 5.74) is 0.940. The van der Waals surface area contributed by atoms with Crippen LogP contribution in [0.25, 0.3) is 11.4 Å². The van der Waals surface area contributed by atoms with E-state index >= 15 is 0 Å². The van der Waals surface area contributed by atoms with Gasteiger partial charge < -0.3 is 9.42 Å². The molecule has 2 aliphatic rings. The van der Waals surface area contributed by atoms with Crippen molar-refractivity contribution in [2.45, 2.75) is 44.1 Å². The van der Waals surface area contributed by atoms with E-state index in [4.69, 9.17) is 4.52 Å². The lowest BCUT2D eigenvalue weighted by Crippen LogP contribution is -2.41. The molecule has 1 aliphatic heterocycles. The molecular weight excluding hydrogens is 356 g/mol. The Labute approximate surface area is 162 Å². The van der Waals surface area contributed by atoms with Crippen LogP contribution in [0.4, 0.5) is 0 Å². The monoisotopic (exact) mass is 378 g/mol. The third kappa shape index (κ3) is 3.54. The summed E-state index contributed by atoms with van der Waals surface area (Å²) in [5.74, 6) is 2.77. The lowest BCUT2D eigenvalue weighted by molar-refractivity contribution is -0.133. The Bertz CT molecular complexity index is 962. The number of likely N-dealkylation sites (tertiary alicyclic amines) is 1. The third-order valence-electron chi connectivity index (χ3n) is 5.39. The topological polar surface area (TPSA) is 89.9 Å². The Morgan fingerprint density at radius 1 is 1.14 bits per heavy atom. The number of rotatable bonds is 5. The van der Waals surface area contributed by atoms with Crippen molar-refractivity contribution in [3.8, 4) is 11.4 Å². The van der Waals surface area contributed by atoms with E-state index in [9.17, 15) is 4.79 Å². The SMILES string of the molecule is O=C(Cn1cnc(-c2ccccc2)n1)N1CCCC(c2noc(C3CC3)n2)C1. The zero-order valence-electron chi connectivity index (χ0n) is 15.6. The van der Waals surface area contributed by atoms with E-state index in [0.29, 0.717) is 18.3 Å². The molecule has 1 aromatic carbocycles. The second-order valence-electron chi connectivity index (χ2n) is 7.58. The number of benzene rings is 1. The summed E-state index contributed by atoms with van der Waals surface area (Å²) in [5, 5.41) is 8.60. The molecule has 1 amide bonds. The molecule has 1 unspecified atom stereocenters. The molecule has 144 valence electrons. The molecule has 3 heterocycles. The first-order chi connectivity index (χ1) is 13.8. The summed E-state index contributed by atoms with van der Waals surface area (Å²) in [6, 6.07) is 9.76. The summed E-state index contributed by atoms with van der Waals surface area (Å²) in [7, 11) is 0. The predicted octanol–water partition coefficient (Wildman–Crippen LogP) is 2.61.